The lowest BCUT2D eigenvalue weighted by Crippen LogP contribution is -2.34. The van der Waals surface area contributed by atoms with Gasteiger partial charge in [-0.15, -0.1) is 0 Å². The fourth-order valence-corrected chi connectivity index (χ4v) is 4.86. The van der Waals surface area contributed by atoms with E-state index in [0.717, 1.165) is 50.0 Å². The van der Waals surface area contributed by atoms with Crippen molar-refractivity contribution < 1.29 is 27.5 Å². The van der Waals surface area contributed by atoms with E-state index in [1.165, 1.54) is 6.07 Å². The molecule has 9 heteroatoms. The summed E-state index contributed by atoms with van der Waals surface area (Å²) in [6, 6.07) is 15.4. The van der Waals surface area contributed by atoms with Gasteiger partial charge in [0.2, 0.25) is 0 Å². The number of hydrogen-bond acceptors (Lipinski definition) is 4. The molecular weight excluding hydrogens is 495 g/mol. The Bertz CT molecular complexity index is 1370. The van der Waals surface area contributed by atoms with Gasteiger partial charge in [0.25, 0.3) is 11.8 Å². The quantitative estimate of drug-likeness (QED) is 0.410. The van der Waals surface area contributed by atoms with E-state index in [0.29, 0.717) is 40.4 Å². The van der Waals surface area contributed by atoms with Crippen molar-refractivity contribution in [3.05, 3.63) is 77.4 Å². The Labute approximate surface area is 218 Å². The van der Waals surface area contributed by atoms with E-state index < -0.39 is 17.8 Å². The molecule has 0 aromatic heterocycles. The van der Waals surface area contributed by atoms with Gasteiger partial charge in [-0.05, 0) is 92.0 Å². The van der Waals surface area contributed by atoms with E-state index in [9.17, 15) is 22.8 Å². The first-order valence-corrected chi connectivity index (χ1v) is 12.6. The molecule has 2 N–H and O–H groups in total. The predicted octanol–water partition coefficient (Wildman–Crippen LogP) is 6.33. The Kier molecular flexibility index (Phi) is 7.12. The van der Waals surface area contributed by atoms with Crippen LogP contribution in [0.1, 0.15) is 47.7 Å². The summed E-state index contributed by atoms with van der Waals surface area (Å²) in [4.78, 5) is 27.4. The van der Waals surface area contributed by atoms with Crippen LogP contribution in [0.4, 0.5) is 24.5 Å². The predicted molar refractivity (Wildman–Crippen MR) is 139 cm³/mol. The van der Waals surface area contributed by atoms with E-state index in [4.69, 9.17) is 4.74 Å². The highest BCUT2D eigenvalue weighted by molar-refractivity contribution is 6.05. The fraction of sp³-hybridized carbons (Fsp3) is 0.310. The molecule has 3 aromatic carbocycles. The van der Waals surface area contributed by atoms with Crippen LogP contribution < -0.4 is 15.4 Å². The Hall–Kier alpha value is -3.85. The Balaban J connectivity index is 1.43. The second-order valence-corrected chi connectivity index (χ2v) is 9.70. The second kappa shape index (κ2) is 10.5. The lowest BCUT2D eigenvalue weighted by atomic mass is 9.95. The Morgan fingerprint density at radius 2 is 1.84 bits per heavy atom. The van der Waals surface area contributed by atoms with E-state index >= 15 is 0 Å². The van der Waals surface area contributed by atoms with Crippen LogP contribution in [0.5, 0.6) is 5.75 Å². The van der Waals surface area contributed by atoms with Crippen LogP contribution in [0.2, 0.25) is 0 Å². The SMILES string of the molecule is CC1Oc2ccc(NC(=O)c3ccc(-c4cccc(C(F)(F)F)c4)c(CN4CCCCC4)c3)cc2NC1=O. The fourth-order valence-electron chi connectivity index (χ4n) is 4.86. The minimum atomic E-state index is -4.44. The number of piperidine rings is 1. The molecule has 3 aromatic rings. The Morgan fingerprint density at radius 3 is 2.61 bits per heavy atom. The number of likely N-dealkylation sites (tertiary alicyclic amines) is 1. The number of halogens is 3. The van der Waals surface area contributed by atoms with Crippen molar-refractivity contribution in [1.82, 2.24) is 4.90 Å². The first kappa shape index (κ1) is 25.8. The number of fused-ring (bicyclic) bond motifs is 1. The molecule has 1 saturated heterocycles. The van der Waals surface area contributed by atoms with Crippen LogP contribution in [-0.2, 0) is 17.5 Å². The highest BCUT2D eigenvalue weighted by atomic mass is 19.4. The summed E-state index contributed by atoms with van der Waals surface area (Å²) >= 11 is 0. The molecule has 38 heavy (non-hydrogen) atoms. The summed E-state index contributed by atoms with van der Waals surface area (Å²) < 4.78 is 45.7. The molecule has 0 bridgehead atoms. The lowest BCUT2D eigenvalue weighted by Gasteiger charge is -2.27. The minimum absolute atomic E-state index is 0.270. The normalized spacial score (nSPS) is 17.8. The van der Waals surface area contributed by atoms with Gasteiger partial charge in [-0.1, -0.05) is 24.6 Å². The molecule has 2 aliphatic rings. The van der Waals surface area contributed by atoms with Crippen molar-refractivity contribution in [2.24, 2.45) is 0 Å². The molecule has 0 saturated carbocycles. The summed E-state index contributed by atoms with van der Waals surface area (Å²) in [7, 11) is 0. The van der Waals surface area contributed by atoms with E-state index in [-0.39, 0.29) is 11.8 Å². The summed E-state index contributed by atoms with van der Waals surface area (Å²) in [5.74, 6) is -0.116. The summed E-state index contributed by atoms with van der Waals surface area (Å²) in [6.07, 6.45) is -1.76. The van der Waals surface area contributed by atoms with Crippen LogP contribution in [-0.4, -0.2) is 35.9 Å². The van der Waals surface area contributed by atoms with Gasteiger partial charge in [-0.25, -0.2) is 0 Å². The van der Waals surface area contributed by atoms with Crippen molar-refractivity contribution in [3.8, 4) is 16.9 Å². The number of rotatable bonds is 5. The van der Waals surface area contributed by atoms with Gasteiger partial charge in [0.1, 0.15) is 5.75 Å². The zero-order valence-electron chi connectivity index (χ0n) is 20.9. The van der Waals surface area contributed by atoms with Crippen LogP contribution in [0.25, 0.3) is 11.1 Å². The highest BCUT2D eigenvalue weighted by Gasteiger charge is 2.31. The average Bonchev–Trinajstić information content (AvgIpc) is 2.90. The van der Waals surface area contributed by atoms with Crippen LogP contribution in [0, 0.1) is 0 Å². The number of amides is 2. The standard InChI is InChI=1S/C29H28F3N3O3/c1-18-27(36)34-25-16-23(9-11-26(25)38-18)33-28(37)20-8-10-24(19-6-5-7-22(15-19)29(30,31)32)21(14-20)17-35-12-3-2-4-13-35/h5-11,14-16,18H,2-4,12-13,17H2,1H3,(H,33,37)(H,34,36). The van der Waals surface area contributed by atoms with Gasteiger partial charge in [0.05, 0.1) is 11.3 Å². The van der Waals surface area contributed by atoms with E-state index in [1.807, 2.05) is 0 Å². The lowest BCUT2D eigenvalue weighted by molar-refractivity contribution is -0.137. The molecule has 1 atom stereocenters. The largest absolute Gasteiger partial charge is 0.479 e. The first-order chi connectivity index (χ1) is 18.2. The zero-order chi connectivity index (χ0) is 26.9. The monoisotopic (exact) mass is 523 g/mol. The third-order valence-electron chi connectivity index (χ3n) is 6.88. The number of benzene rings is 3. The number of nitrogens with zero attached hydrogens (tertiary/aromatic N) is 1. The molecule has 198 valence electrons. The maximum absolute atomic E-state index is 13.4. The molecule has 0 radical (unpaired) electrons. The number of carbonyl (C=O) groups excluding carboxylic acids is 2. The summed E-state index contributed by atoms with van der Waals surface area (Å²) in [6.45, 7) is 3.99. The molecular formula is C29H28F3N3O3. The number of hydrogen-bond donors (Lipinski definition) is 2. The molecule has 1 fully saturated rings. The highest BCUT2D eigenvalue weighted by Crippen LogP contribution is 2.35. The molecule has 0 spiro atoms. The molecule has 1 unspecified atom stereocenters. The van der Waals surface area contributed by atoms with E-state index in [1.54, 1.807) is 49.4 Å². The topological polar surface area (TPSA) is 70.7 Å². The molecule has 2 aliphatic heterocycles. The summed E-state index contributed by atoms with van der Waals surface area (Å²) in [5, 5.41) is 5.60. The van der Waals surface area contributed by atoms with E-state index in [2.05, 4.69) is 15.5 Å². The minimum Gasteiger partial charge on any atom is -0.479 e. The third-order valence-corrected chi connectivity index (χ3v) is 6.88. The first-order valence-electron chi connectivity index (χ1n) is 12.6. The van der Waals surface area contributed by atoms with Crippen LogP contribution in [0.15, 0.2) is 60.7 Å². The zero-order valence-corrected chi connectivity index (χ0v) is 20.9. The van der Waals surface area contributed by atoms with Gasteiger partial charge in [-0.2, -0.15) is 13.2 Å². The van der Waals surface area contributed by atoms with Crippen molar-refractivity contribution in [3.63, 3.8) is 0 Å². The number of alkyl halides is 3. The second-order valence-electron chi connectivity index (χ2n) is 9.70. The van der Waals surface area contributed by atoms with Crippen molar-refractivity contribution in [2.75, 3.05) is 23.7 Å². The molecule has 6 nitrogen and oxygen atoms in total. The number of anilines is 2. The smallest absolute Gasteiger partial charge is 0.416 e. The number of carbonyl (C=O) groups is 2. The van der Waals surface area contributed by atoms with Crippen molar-refractivity contribution >= 4 is 23.2 Å². The molecule has 2 amide bonds. The Morgan fingerprint density at radius 1 is 1.05 bits per heavy atom. The van der Waals surface area contributed by atoms with Crippen molar-refractivity contribution in [1.29, 1.82) is 0 Å². The van der Waals surface area contributed by atoms with Crippen LogP contribution in [0.3, 0.4) is 0 Å². The molecule has 5 rings (SSSR count). The summed E-state index contributed by atoms with van der Waals surface area (Å²) in [5.41, 5.74) is 2.54. The van der Waals surface area contributed by atoms with Crippen LogP contribution >= 0.6 is 0 Å². The van der Waals surface area contributed by atoms with Gasteiger partial charge in [0, 0.05) is 17.8 Å². The van der Waals surface area contributed by atoms with Crippen molar-refractivity contribution in [2.45, 2.75) is 45.0 Å². The number of ether oxygens (including phenoxy) is 1. The van der Waals surface area contributed by atoms with Gasteiger partial charge in [0.15, 0.2) is 6.10 Å². The molecule has 0 aliphatic carbocycles. The van der Waals surface area contributed by atoms with Gasteiger partial charge in [-0.3, -0.25) is 14.5 Å². The maximum atomic E-state index is 13.4. The average molecular weight is 524 g/mol. The van der Waals surface area contributed by atoms with Gasteiger partial charge >= 0.3 is 6.18 Å². The maximum Gasteiger partial charge on any atom is 0.416 e. The molecule has 2 heterocycles. The van der Waals surface area contributed by atoms with Gasteiger partial charge < -0.3 is 15.4 Å². The third kappa shape index (κ3) is 5.67. The number of nitrogens with one attached hydrogen (secondary N) is 2.